The Morgan fingerprint density at radius 2 is 2.18 bits per heavy atom. The molecular weight excluding hydrogens is 267 g/mol. The lowest BCUT2D eigenvalue weighted by atomic mass is 10.1. The number of thioether (sulfide) groups is 1. The number of benzene rings is 1. The quantitative estimate of drug-likeness (QED) is 0.886. The summed E-state index contributed by atoms with van der Waals surface area (Å²) >= 11 is 6.43. The van der Waals surface area contributed by atoms with E-state index in [0.717, 1.165) is 11.8 Å². The first kappa shape index (κ1) is 14.4. The van der Waals surface area contributed by atoms with E-state index in [0.29, 0.717) is 0 Å². The van der Waals surface area contributed by atoms with E-state index < -0.39 is 18.0 Å². The zero-order chi connectivity index (χ0) is 13.0. The highest BCUT2D eigenvalue weighted by atomic mass is 35.5. The number of hydrogen-bond acceptors (Lipinski definition) is 4. The summed E-state index contributed by atoms with van der Waals surface area (Å²) in [4.78, 5) is 10.7. The molecule has 2 N–H and O–H groups in total. The molecule has 3 nitrogen and oxygen atoms in total. The van der Waals surface area contributed by atoms with Crippen LogP contribution in [-0.2, 0) is 4.79 Å². The molecule has 0 amide bonds. The van der Waals surface area contributed by atoms with E-state index in [9.17, 15) is 19.4 Å². The molecule has 1 aromatic carbocycles. The highest BCUT2D eigenvalue weighted by molar-refractivity contribution is 8.13. The van der Waals surface area contributed by atoms with Crippen LogP contribution in [0, 0.1) is 5.82 Å². The van der Waals surface area contributed by atoms with Gasteiger partial charge in [0.2, 0.25) is 0 Å². The van der Waals surface area contributed by atoms with Crippen LogP contribution in [0.5, 0.6) is 0 Å². The summed E-state index contributed by atoms with van der Waals surface area (Å²) in [5.41, 5.74) is -0.0749. The van der Waals surface area contributed by atoms with Gasteiger partial charge in [-0.1, -0.05) is 35.5 Å². The van der Waals surface area contributed by atoms with Crippen molar-refractivity contribution < 1.29 is 19.4 Å². The van der Waals surface area contributed by atoms with Crippen LogP contribution in [0.3, 0.4) is 0 Å². The van der Waals surface area contributed by atoms with Crippen molar-refractivity contribution in [1.82, 2.24) is 0 Å². The third-order valence-corrected chi connectivity index (χ3v) is 3.33. The maximum absolute atomic E-state index is 13.5. The van der Waals surface area contributed by atoms with Crippen molar-refractivity contribution in [2.45, 2.75) is 19.1 Å². The van der Waals surface area contributed by atoms with E-state index in [1.807, 2.05) is 0 Å². The Balaban J connectivity index is 2.77. The fourth-order valence-corrected chi connectivity index (χ4v) is 2.02. The first-order chi connectivity index (χ1) is 7.93. The zero-order valence-electron chi connectivity index (χ0n) is 9.06. The van der Waals surface area contributed by atoms with Crippen molar-refractivity contribution >= 4 is 28.5 Å². The number of aliphatic hydroxyl groups is 2. The average molecular weight is 279 g/mol. The number of carbonyl (C=O) groups excluding carboxylic acids is 1. The summed E-state index contributed by atoms with van der Waals surface area (Å²) in [5, 5.41) is 19.0. The van der Waals surface area contributed by atoms with Gasteiger partial charge in [-0.2, -0.15) is 0 Å². The zero-order valence-corrected chi connectivity index (χ0v) is 10.6. The van der Waals surface area contributed by atoms with Crippen LogP contribution in [0.4, 0.5) is 4.39 Å². The van der Waals surface area contributed by atoms with Crippen molar-refractivity contribution in [3.63, 3.8) is 0 Å². The summed E-state index contributed by atoms with van der Waals surface area (Å²) in [6.07, 6.45) is -2.63. The summed E-state index contributed by atoms with van der Waals surface area (Å²) in [7, 11) is 0. The summed E-state index contributed by atoms with van der Waals surface area (Å²) in [6, 6.07) is 4.17. The van der Waals surface area contributed by atoms with Crippen LogP contribution in [0.1, 0.15) is 18.6 Å². The second kappa shape index (κ2) is 6.35. The Bertz CT molecular complexity index is 414. The number of rotatable bonds is 4. The molecule has 1 rings (SSSR count). The molecule has 0 heterocycles. The highest BCUT2D eigenvalue weighted by Crippen LogP contribution is 2.26. The van der Waals surface area contributed by atoms with Crippen LogP contribution >= 0.6 is 23.4 Å². The molecule has 0 bridgehead atoms. The van der Waals surface area contributed by atoms with Crippen molar-refractivity contribution in [3.05, 3.63) is 34.6 Å². The summed E-state index contributed by atoms with van der Waals surface area (Å²) in [6.45, 7) is 1.35. The van der Waals surface area contributed by atoms with E-state index in [1.54, 1.807) is 0 Å². The Morgan fingerprint density at radius 1 is 1.53 bits per heavy atom. The molecule has 1 aromatic rings. The Kier molecular flexibility index (Phi) is 5.39. The van der Waals surface area contributed by atoms with Crippen molar-refractivity contribution in [1.29, 1.82) is 0 Å². The number of halogens is 2. The molecular formula is C11H12ClFO3S. The van der Waals surface area contributed by atoms with Gasteiger partial charge in [-0.05, 0) is 6.07 Å². The van der Waals surface area contributed by atoms with E-state index in [2.05, 4.69) is 0 Å². The van der Waals surface area contributed by atoms with E-state index in [1.165, 1.54) is 25.1 Å². The molecule has 0 radical (unpaired) electrons. The predicted molar refractivity (Wildman–Crippen MR) is 65.5 cm³/mol. The van der Waals surface area contributed by atoms with E-state index in [4.69, 9.17) is 11.6 Å². The fraction of sp³-hybridized carbons (Fsp3) is 0.364. The molecule has 0 aliphatic carbocycles. The van der Waals surface area contributed by atoms with Crippen LogP contribution in [0.15, 0.2) is 18.2 Å². The minimum Gasteiger partial charge on any atom is -0.389 e. The topological polar surface area (TPSA) is 57.5 Å². The predicted octanol–water partition coefficient (Wildman–Crippen LogP) is 2.15. The normalized spacial score (nSPS) is 14.4. The monoisotopic (exact) mass is 278 g/mol. The van der Waals surface area contributed by atoms with Gasteiger partial charge in [-0.15, -0.1) is 0 Å². The lowest BCUT2D eigenvalue weighted by molar-refractivity contribution is -0.109. The lowest BCUT2D eigenvalue weighted by Gasteiger charge is -2.18. The van der Waals surface area contributed by atoms with Crippen LogP contribution in [-0.4, -0.2) is 27.2 Å². The van der Waals surface area contributed by atoms with Crippen LogP contribution in [0.25, 0.3) is 0 Å². The lowest BCUT2D eigenvalue weighted by Crippen LogP contribution is -2.22. The van der Waals surface area contributed by atoms with Gasteiger partial charge >= 0.3 is 0 Å². The minimum atomic E-state index is -1.40. The second-order valence-electron chi connectivity index (χ2n) is 3.46. The van der Waals surface area contributed by atoms with Gasteiger partial charge < -0.3 is 10.2 Å². The SMILES string of the molecule is CC(=O)SCC(O)C(O)c1cccc(Cl)c1F. The molecule has 94 valence electrons. The summed E-state index contributed by atoms with van der Waals surface area (Å²) in [5.74, 6) is -0.754. The Hall–Kier alpha value is -0.620. The maximum Gasteiger partial charge on any atom is 0.185 e. The number of aliphatic hydroxyl groups excluding tert-OH is 2. The first-order valence-electron chi connectivity index (χ1n) is 4.87. The second-order valence-corrected chi connectivity index (χ2v) is 5.06. The van der Waals surface area contributed by atoms with Crippen molar-refractivity contribution in [3.8, 4) is 0 Å². The van der Waals surface area contributed by atoms with Gasteiger partial charge in [0.1, 0.15) is 11.9 Å². The van der Waals surface area contributed by atoms with Crippen molar-refractivity contribution in [2.24, 2.45) is 0 Å². The average Bonchev–Trinajstić information content (AvgIpc) is 2.28. The molecule has 0 aliphatic heterocycles. The third-order valence-electron chi connectivity index (χ3n) is 2.12. The highest BCUT2D eigenvalue weighted by Gasteiger charge is 2.23. The smallest absolute Gasteiger partial charge is 0.185 e. The molecule has 0 saturated heterocycles. The van der Waals surface area contributed by atoms with E-state index >= 15 is 0 Å². The van der Waals surface area contributed by atoms with Gasteiger partial charge in [0.05, 0.1) is 11.1 Å². The molecule has 0 aliphatic rings. The molecule has 0 saturated carbocycles. The molecule has 6 heteroatoms. The van der Waals surface area contributed by atoms with Crippen LogP contribution in [0.2, 0.25) is 5.02 Å². The molecule has 0 fully saturated rings. The van der Waals surface area contributed by atoms with Gasteiger partial charge in [-0.25, -0.2) is 4.39 Å². The largest absolute Gasteiger partial charge is 0.389 e. The number of carbonyl (C=O) groups is 1. The molecule has 0 spiro atoms. The van der Waals surface area contributed by atoms with Crippen LogP contribution < -0.4 is 0 Å². The van der Waals surface area contributed by atoms with Crippen molar-refractivity contribution in [2.75, 3.05) is 5.75 Å². The van der Waals surface area contributed by atoms with Gasteiger partial charge in [0, 0.05) is 18.2 Å². The molecule has 2 atom stereocenters. The first-order valence-corrected chi connectivity index (χ1v) is 6.23. The Labute approximate surface area is 108 Å². The molecule has 17 heavy (non-hydrogen) atoms. The fourth-order valence-electron chi connectivity index (χ4n) is 1.25. The maximum atomic E-state index is 13.5. The standard InChI is InChI=1S/C11H12ClFO3S/c1-6(14)17-5-9(15)11(16)7-3-2-4-8(12)10(7)13/h2-4,9,11,15-16H,5H2,1H3. The molecule has 0 aromatic heterocycles. The number of hydrogen-bond donors (Lipinski definition) is 2. The van der Waals surface area contributed by atoms with E-state index in [-0.39, 0.29) is 21.5 Å². The van der Waals surface area contributed by atoms with Gasteiger partial charge in [0.15, 0.2) is 5.12 Å². The third kappa shape index (κ3) is 3.96. The van der Waals surface area contributed by atoms with Gasteiger partial charge in [-0.3, -0.25) is 4.79 Å². The molecule has 2 unspecified atom stereocenters. The Morgan fingerprint density at radius 3 is 2.76 bits per heavy atom. The summed E-state index contributed by atoms with van der Waals surface area (Å²) < 4.78 is 13.5. The minimum absolute atomic E-state index is 0.00243. The van der Waals surface area contributed by atoms with Gasteiger partial charge in [0.25, 0.3) is 0 Å².